The van der Waals surface area contributed by atoms with Crippen LogP contribution in [0.3, 0.4) is 0 Å². The molecular weight excluding hydrogens is 456 g/mol. The average Bonchev–Trinajstić information content (AvgIpc) is 2.88. The van der Waals surface area contributed by atoms with E-state index in [1.165, 1.54) is 4.31 Å². The van der Waals surface area contributed by atoms with Crippen LogP contribution in [0.5, 0.6) is 5.75 Å². The number of aromatic nitrogens is 2. The number of morpholine rings is 1. The zero-order chi connectivity index (χ0) is 23.8. The Morgan fingerprint density at radius 2 is 1.74 bits per heavy atom. The second kappa shape index (κ2) is 11.2. The molecule has 0 unspecified atom stereocenters. The zero-order valence-electron chi connectivity index (χ0n) is 18.6. The quantitative estimate of drug-likeness (QED) is 0.499. The molecule has 3 aromatic rings. The number of amides is 1. The lowest BCUT2D eigenvalue weighted by Gasteiger charge is -2.26. The van der Waals surface area contributed by atoms with Gasteiger partial charge in [0.05, 0.1) is 18.1 Å². The molecule has 1 amide bonds. The minimum atomic E-state index is -3.53. The fourth-order valence-corrected chi connectivity index (χ4v) is 4.87. The Labute approximate surface area is 198 Å². The number of carbonyl (C=O) groups is 1. The summed E-state index contributed by atoms with van der Waals surface area (Å²) in [5.41, 5.74) is 1.82. The van der Waals surface area contributed by atoms with Crippen molar-refractivity contribution >= 4 is 21.7 Å². The van der Waals surface area contributed by atoms with E-state index in [9.17, 15) is 13.2 Å². The van der Waals surface area contributed by atoms with Crippen molar-refractivity contribution in [3.05, 3.63) is 78.2 Å². The van der Waals surface area contributed by atoms with Gasteiger partial charge in [0.25, 0.3) is 0 Å². The maximum atomic E-state index is 12.7. The van der Waals surface area contributed by atoms with E-state index in [1.807, 2.05) is 12.1 Å². The molecule has 10 heteroatoms. The van der Waals surface area contributed by atoms with E-state index in [4.69, 9.17) is 9.47 Å². The van der Waals surface area contributed by atoms with Crippen LogP contribution in [0, 0.1) is 0 Å². The van der Waals surface area contributed by atoms with Crippen molar-refractivity contribution in [1.82, 2.24) is 14.3 Å². The number of sulfonamides is 1. The largest absolute Gasteiger partial charge is 0.485 e. The molecule has 2 aromatic heterocycles. The molecular formula is C24H26N4O5S. The third kappa shape index (κ3) is 6.16. The van der Waals surface area contributed by atoms with E-state index in [-0.39, 0.29) is 17.2 Å². The van der Waals surface area contributed by atoms with Gasteiger partial charge in [0.1, 0.15) is 6.61 Å². The molecule has 1 N–H and O–H groups in total. The predicted octanol–water partition coefficient (Wildman–Crippen LogP) is 2.65. The van der Waals surface area contributed by atoms with Crippen LogP contribution < -0.4 is 10.1 Å². The average molecular weight is 483 g/mol. The molecule has 4 rings (SSSR count). The minimum Gasteiger partial charge on any atom is -0.485 e. The van der Waals surface area contributed by atoms with Gasteiger partial charge in [-0.15, -0.1) is 0 Å². The molecule has 34 heavy (non-hydrogen) atoms. The Hall–Kier alpha value is -3.34. The molecule has 0 aliphatic carbocycles. The van der Waals surface area contributed by atoms with Crippen LogP contribution in [-0.2, 0) is 32.6 Å². The SMILES string of the molecule is O=C(CCc1ccc(S(=O)(=O)N2CCOCC2)cc1)Nc1ncccc1OCc1ccncc1. The third-order valence-electron chi connectivity index (χ3n) is 5.34. The number of hydrogen-bond acceptors (Lipinski definition) is 7. The molecule has 0 saturated carbocycles. The van der Waals surface area contributed by atoms with Crippen molar-refractivity contribution in [3.8, 4) is 5.75 Å². The van der Waals surface area contributed by atoms with Gasteiger partial charge in [-0.1, -0.05) is 12.1 Å². The number of carbonyl (C=O) groups excluding carboxylic acids is 1. The van der Waals surface area contributed by atoms with Crippen LogP contribution in [0.25, 0.3) is 0 Å². The second-order valence-corrected chi connectivity index (χ2v) is 9.64. The summed E-state index contributed by atoms with van der Waals surface area (Å²) in [6.07, 6.45) is 5.65. The molecule has 0 atom stereocenters. The Balaban J connectivity index is 1.31. The van der Waals surface area contributed by atoms with Crippen LogP contribution in [0.4, 0.5) is 5.82 Å². The first-order valence-electron chi connectivity index (χ1n) is 11.0. The number of nitrogens with one attached hydrogen (secondary N) is 1. The topological polar surface area (TPSA) is 111 Å². The highest BCUT2D eigenvalue weighted by molar-refractivity contribution is 7.89. The van der Waals surface area contributed by atoms with Crippen molar-refractivity contribution < 1.29 is 22.7 Å². The smallest absolute Gasteiger partial charge is 0.243 e. The first kappa shape index (κ1) is 23.8. The van der Waals surface area contributed by atoms with Gasteiger partial charge in [0.2, 0.25) is 15.9 Å². The monoisotopic (exact) mass is 482 g/mol. The lowest BCUT2D eigenvalue weighted by molar-refractivity contribution is -0.116. The summed E-state index contributed by atoms with van der Waals surface area (Å²) in [6.45, 7) is 1.84. The van der Waals surface area contributed by atoms with E-state index in [0.717, 1.165) is 11.1 Å². The van der Waals surface area contributed by atoms with Gasteiger partial charge >= 0.3 is 0 Å². The Morgan fingerprint density at radius 3 is 2.47 bits per heavy atom. The van der Waals surface area contributed by atoms with Gasteiger partial charge in [0.15, 0.2) is 11.6 Å². The summed E-state index contributed by atoms with van der Waals surface area (Å²) >= 11 is 0. The summed E-state index contributed by atoms with van der Waals surface area (Å²) in [7, 11) is -3.53. The minimum absolute atomic E-state index is 0.211. The summed E-state index contributed by atoms with van der Waals surface area (Å²) in [6, 6.07) is 13.8. The van der Waals surface area contributed by atoms with Crippen LogP contribution >= 0.6 is 0 Å². The lowest BCUT2D eigenvalue weighted by Crippen LogP contribution is -2.40. The van der Waals surface area contributed by atoms with Crippen LogP contribution in [0.15, 0.2) is 72.0 Å². The Kier molecular flexibility index (Phi) is 7.84. The molecule has 1 aromatic carbocycles. The van der Waals surface area contributed by atoms with Crippen molar-refractivity contribution in [2.45, 2.75) is 24.3 Å². The lowest BCUT2D eigenvalue weighted by atomic mass is 10.1. The van der Waals surface area contributed by atoms with Crippen molar-refractivity contribution in [3.63, 3.8) is 0 Å². The van der Waals surface area contributed by atoms with E-state index < -0.39 is 10.0 Å². The van der Waals surface area contributed by atoms with Crippen LogP contribution in [0.1, 0.15) is 17.5 Å². The summed E-state index contributed by atoms with van der Waals surface area (Å²) < 4.78 is 37.9. The van der Waals surface area contributed by atoms with E-state index >= 15 is 0 Å². The number of benzene rings is 1. The number of nitrogens with zero attached hydrogens (tertiary/aromatic N) is 3. The van der Waals surface area contributed by atoms with Crippen molar-refractivity contribution in [1.29, 1.82) is 0 Å². The first-order chi connectivity index (χ1) is 16.5. The fourth-order valence-electron chi connectivity index (χ4n) is 3.46. The molecule has 3 heterocycles. The number of aryl methyl sites for hydroxylation is 1. The van der Waals surface area contributed by atoms with Gasteiger partial charge in [-0.2, -0.15) is 4.31 Å². The van der Waals surface area contributed by atoms with Gasteiger partial charge in [-0.05, 0) is 53.9 Å². The summed E-state index contributed by atoms with van der Waals surface area (Å²) in [4.78, 5) is 21.0. The van der Waals surface area contributed by atoms with Crippen molar-refractivity contribution in [2.24, 2.45) is 0 Å². The Bertz CT molecular complexity index is 1200. The predicted molar refractivity (Wildman–Crippen MR) is 126 cm³/mol. The molecule has 1 aliphatic rings. The van der Waals surface area contributed by atoms with Crippen LogP contribution in [0.2, 0.25) is 0 Å². The highest BCUT2D eigenvalue weighted by Crippen LogP contribution is 2.23. The van der Waals surface area contributed by atoms with Crippen molar-refractivity contribution in [2.75, 3.05) is 31.6 Å². The highest BCUT2D eigenvalue weighted by atomic mass is 32.2. The van der Waals surface area contributed by atoms with E-state index in [1.54, 1.807) is 55.0 Å². The zero-order valence-corrected chi connectivity index (χ0v) is 19.4. The number of ether oxygens (including phenoxy) is 2. The number of pyridine rings is 2. The molecule has 1 fully saturated rings. The molecule has 178 valence electrons. The van der Waals surface area contributed by atoms with Gasteiger partial charge in [0, 0.05) is 38.1 Å². The van der Waals surface area contributed by atoms with E-state index in [0.29, 0.717) is 50.9 Å². The van der Waals surface area contributed by atoms with Crippen LogP contribution in [-0.4, -0.2) is 54.9 Å². The molecule has 9 nitrogen and oxygen atoms in total. The Morgan fingerprint density at radius 1 is 1.00 bits per heavy atom. The van der Waals surface area contributed by atoms with Gasteiger partial charge < -0.3 is 14.8 Å². The highest BCUT2D eigenvalue weighted by Gasteiger charge is 2.26. The van der Waals surface area contributed by atoms with Gasteiger partial charge in [-0.25, -0.2) is 13.4 Å². The fraction of sp³-hybridized carbons (Fsp3) is 0.292. The maximum absolute atomic E-state index is 12.7. The number of hydrogen-bond donors (Lipinski definition) is 1. The second-order valence-electron chi connectivity index (χ2n) is 7.70. The molecule has 0 spiro atoms. The first-order valence-corrected chi connectivity index (χ1v) is 12.4. The molecule has 1 aliphatic heterocycles. The number of rotatable bonds is 9. The van der Waals surface area contributed by atoms with E-state index in [2.05, 4.69) is 15.3 Å². The standard InChI is InChI=1S/C24H26N4O5S/c29-23(27-24-22(2-1-11-26-24)33-18-20-9-12-25-13-10-20)8-5-19-3-6-21(7-4-19)34(30,31)28-14-16-32-17-15-28/h1-4,6-7,9-13H,5,8,14-18H2,(H,26,27,29). The number of anilines is 1. The normalized spacial score (nSPS) is 14.5. The molecule has 0 radical (unpaired) electrons. The third-order valence-corrected chi connectivity index (χ3v) is 7.26. The summed E-state index contributed by atoms with van der Waals surface area (Å²) in [5.74, 6) is 0.622. The molecule has 1 saturated heterocycles. The summed E-state index contributed by atoms with van der Waals surface area (Å²) in [5, 5.41) is 2.79. The maximum Gasteiger partial charge on any atom is 0.243 e. The molecule has 0 bridgehead atoms. The van der Waals surface area contributed by atoms with Gasteiger partial charge in [-0.3, -0.25) is 9.78 Å².